The molecule has 1 amide bonds. The van der Waals surface area contributed by atoms with E-state index in [9.17, 15) is 54.3 Å². The average Bonchev–Trinajstić information content (AvgIpc) is 1.61. The number of aromatic nitrogens is 10. The van der Waals surface area contributed by atoms with E-state index in [1.165, 1.54) is 93.5 Å². The fourth-order valence-electron chi connectivity index (χ4n) is 17.9. The van der Waals surface area contributed by atoms with Crippen molar-refractivity contribution >= 4 is 84.1 Å². The van der Waals surface area contributed by atoms with Crippen molar-refractivity contribution in [3.05, 3.63) is 159 Å². The molecule has 132 heavy (non-hydrogen) atoms. The minimum absolute atomic E-state index is 0.0238. The van der Waals surface area contributed by atoms with Crippen LogP contribution in [0, 0.1) is 90.8 Å². The van der Waals surface area contributed by atoms with E-state index in [0.29, 0.717) is 76.4 Å². The standard InChI is InChI=1S/C23H31FN6O.C15H14F4N4O4S.C14H15FN4O2.C14H26N2O2.C8H3ClFN3.C8H4ClN3.C7H14O2/c1-17-13-29(21-4-3-18(11-25)30-22(21)20(24)12-27-30)15-19(31-17)14-28-10-2-5-23(16-28)6-8-26-9-7-23;1-9-6-22(7-11(27-9)8-26-28(24,25)15(17,18)19)13-3-2-10(4-20)23-14(13)12(16)5-21-23;1-9-6-18(7-11(8-20)21-9)13-3-2-10(4-16)19-14(13)12(15)5-17-19;1-13(2,3)18-12(17)16-9-6-14(7-10-16)5-4-8-15-11-14;9-6-2-1-5(3-11)13-8(6)7(10)4-12-13;9-7-2-1-6(5-10)12-8(7)3-4-11-12;1-6-3-2-4-7(5-8)9-6/h3-4,12,17,19,26H,2,5-10,13-16H2,1H3;2-3,5,9,11H,6-8H2,1H3;2-3,5,9,11,20H,6-8H2,1H3;15H,4-11H2,1-3H3;1-2,4H;1-4H;6-8H,2-5H2,1H3/t17-,19+;2*9-,11-;;;;6-,7-/m111...1/s1. The summed E-state index contributed by atoms with van der Waals surface area (Å²) in [6.45, 7) is 24.7. The van der Waals surface area contributed by atoms with Crippen LogP contribution in [0.2, 0.25) is 10.0 Å². The van der Waals surface area contributed by atoms with Crippen molar-refractivity contribution in [1.29, 1.82) is 26.3 Å². The topological polar surface area (TPSA) is 393 Å². The fourth-order valence-corrected chi connectivity index (χ4v) is 18.8. The Labute approximate surface area is 769 Å². The third-order valence-electron chi connectivity index (χ3n) is 24.0. The third-order valence-corrected chi connectivity index (χ3v) is 25.6. The van der Waals surface area contributed by atoms with Crippen LogP contribution in [0.5, 0.6) is 0 Å². The lowest BCUT2D eigenvalue weighted by atomic mass is 9.73. The Morgan fingerprint density at radius 3 is 1.41 bits per heavy atom. The zero-order valence-corrected chi connectivity index (χ0v) is 76.5. The number of pyridine rings is 5. The third kappa shape index (κ3) is 24.6. The Morgan fingerprint density at radius 1 is 0.508 bits per heavy atom. The largest absolute Gasteiger partial charge is 0.523 e. The number of ether oxygens (including phenoxy) is 5. The molecule has 708 valence electrons. The molecule has 0 saturated carbocycles. The number of alkyl halides is 3. The van der Waals surface area contributed by atoms with Gasteiger partial charge in [-0.15, -0.1) is 0 Å². The van der Waals surface area contributed by atoms with Crippen molar-refractivity contribution in [2.24, 2.45) is 10.8 Å². The number of anilines is 3. The second-order valence-corrected chi connectivity index (χ2v) is 37.4. The summed E-state index contributed by atoms with van der Waals surface area (Å²) < 4.78 is 154. The Bertz CT molecular complexity index is 5970. The van der Waals surface area contributed by atoms with Gasteiger partial charge < -0.3 is 69.0 Å². The summed E-state index contributed by atoms with van der Waals surface area (Å²) >= 11 is 11.6. The predicted molar refractivity (Wildman–Crippen MR) is 474 cm³/mol. The number of aliphatic hydroxyl groups excluding tert-OH is 2. The minimum Gasteiger partial charge on any atom is -0.444 e. The van der Waals surface area contributed by atoms with Gasteiger partial charge in [0.15, 0.2) is 23.3 Å². The van der Waals surface area contributed by atoms with E-state index >= 15 is 0 Å². The van der Waals surface area contributed by atoms with Gasteiger partial charge in [-0.05, 0) is 223 Å². The van der Waals surface area contributed by atoms with Crippen LogP contribution in [-0.4, -0.2) is 261 Å². The molecule has 0 radical (unpaired) electrons. The molecule has 0 aromatic carbocycles. The predicted octanol–water partition coefficient (Wildman–Crippen LogP) is 12.3. The van der Waals surface area contributed by atoms with Gasteiger partial charge in [0.2, 0.25) is 0 Å². The van der Waals surface area contributed by atoms with Gasteiger partial charge in [0.05, 0.1) is 126 Å². The number of piperidine rings is 4. The first-order chi connectivity index (χ1) is 63.0. The number of likely N-dealkylation sites (tertiary alicyclic amines) is 2. The van der Waals surface area contributed by atoms with E-state index in [1.807, 2.05) is 67.8 Å². The van der Waals surface area contributed by atoms with E-state index in [-0.39, 0.29) is 102 Å². The number of nitrogens with one attached hydrogen (secondary N) is 2. The molecule has 10 aromatic rings. The molecule has 18 heterocycles. The van der Waals surface area contributed by atoms with Crippen molar-refractivity contribution in [1.82, 2.24) is 68.5 Å². The molecular formula is C89H107Cl2F7N22O11S. The van der Waals surface area contributed by atoms with Crippen LogP contribution in [0.1, 0.15) is 148 Å². The van der Waals surface area contributed by atoms with E-state index in [2.05, 4.69) is 70.0 Å². The SMILES string of the molecule is CC(C)(C)OC(=O)N1CCC2(CCCNC2)CC1.C[C@@H]1CCC[C@H](CO)O1.C[C@@H]1CN(c2ccc(C#N)n3ncc(F)c23)C[C@H](CN2CCCC3(CCNCC3)C2)O1.C[C@@H]1CN(c2ccc(C#N)n3ncc(F)c23)C[C@H](CO)O1.C[C@@H]1CN(c2ccc(C#N)n3ncc(F)c23)C[C@H](COS(=O)(=O)C(F)(F)F)O1.N#Cc1ccc(Cl)c2c(F)cnn12.N#Cc1ccc(Cl)c2ccnn12. The number of nitrogens with zero attached hydrogens (tertiary/aromatic N) is 20. The molecule has 8 atom stereocenters. The molecule has 4 N–H and O–H groups in total. The molecular weight excluding hydrogens is 1790 g/mol. The molecule has 18 rings (SSSR count). The number of fused-ring (bicyclic) bond motifs is 5. The fraction of sp³-hybridized carbons (Fsp3) is 0.539. The zero-order valence-electron chi connectivity index (χ0n) is 74.2. The molecule has 43 heteroatoms. The normalized spacial score (nSPS) is 22.1. The number of hydrogen-bond acceptors (Lipinski definition) is 27. The van der Waals surface area contributed by atoms with Crippen molar-refractivity contribution in [2.45, 2.75) is 179 Å². The van der Waals surface area contributed by atoms with E-state index in [1.54, 1.807) is 54.4 Å². The maximum absolute atomic E-state index is 14.6. The molecule has 0 aliphatic carbocycles. The van der Waals surface area contributed by atoms with Gasteiger partial charge in [-0.25, -0.2) is 44.9 Å². The van der Waals surface area contributed by atoms with E-state index < -0.39 is 63.3 Å². The summed E-state index contributed by atoms with van der Waals surface area (Å²) in [6.07, 6.45) is 17.7. The second-order valence-electron chi connectivity index (χ2n) is 35.0. The number of hydrogen-bond donors (Lipinski definition) is 4. The summed E-state index contributed by atoms with van der Waals surface area (Å²) in [5.74, 6) is -2.07. The van der Waals surface area contributed by atoms with Crippen molar-refractivity contribution in [3.8, 4) is 30.3 Å². The Kier molecular flexibility index (Phi) is 33.7. The van der Waals surface area contributed by atoms with Crippen LogP contribution in [0.3, 0.4) is 0 Å². The maximum Gasteiger partial charge on any atom is 0.523 e. The molecule has 8 aliphatic heterocycles. The molecule has 0 unspecified atom stereocenters. The smallest absolute Gasteiger partial charge is 0.444 e. The van der Waals surface area contributed by atoms with Crippen LogP contribution in [0.4, 0.5) is 52.6 Å². The average molecular weight is 1900 g/mol. The zero-order chi connectivity index (χ0) is 95.0. The summed E-state index contributed by atoms with van der Waals surface area (Å²) in [7, 11) is -5.75. The number of aliphatic hydroxyl groups is 2. The number of amides is 1. The van der Waals surface area contributed by atoms with Gasteiger partial charge in [0, 0.05) is 72.0 Å². The first-order valence-corrected chi connectivity index (χ1v) is 45.8. The Balaban J connectivity index is 0.000000144. The highest BCUT2D eigenvalue weighted by molar-refractivity contribution is 7.87. The van der Waals surface area contributed by atoms with Crippen LogP contribution in [0.25, 0.3) is 27.6 Å². The summed E-state index contributed by atoms with van der Waals surface area (Å²) in [5.41, 5.74) is -0.230. The van der Waals surface area contributed by atoms with Crippen molar-refractivity contribution in [2.75, 3.05) is 133 Å². The molecule has 33 nitrogen and oxygen atoms in total. The van der Waals surface area contributed by atoms with Gasteiger partial charge in [-0.2, -0.15) is 73.4 Å². The number of nitriles is 5. The van der Waals surface area contributed by atoms with Gasteiger partial charge in [0.1, 0.15) is 92.6 Å². The summed E-state index contributed by atoms with van der Waals surface area (Å²) in [4.78, 5) is 22.2. The highest BCUT2D eigenvalue weighted by atomic mass is 35.5. The van der Waals surface area contributed by atoms with Gasteiger partial charge in [0.25, 0.3) is 0 Å². The van der Waals surface area contributed by atoms with Gasteiger partial charge in [-0.1, -0.05) is 23.2 Å². The number of halogens is 9. The number of carbonyl (C=O) groups excluding carboxylic acids is 1. The van der Waals surface area contributed by atoms with Crippen LogP contribution in [0.15, 0.2) is 97.7 Å². The van der Waals surface area contributed by atoms with E-state index in [4.69, 9.17) is 73.0 Å². The Hall–Kier alpha value is -10.8. The summed E-state index contributed by atoms with van der Waals surface area (Å²) in [6, 6.07) is 27.7. The van der Waals surface area contributed by atoms with Crippen LogP contribution >= 0.6 is 23.2 Å². The molecule has 2 spiro atoms. The van der Waals surface area contributed by atoms with Crippen LogP contribution < -0.4 is 25.3 Å². The number of morpholine rings is 3. The Morgan fingerprint density at radius 2 is 0.947 bits per heavy atom. The molecule has 8 aliphatic rings. The highest BCUT2D eigenvalue weighted by Gasteiger charge is 2.48. The van der Waals surface area contributed by atoms with Crippen LogP contribution in [-0.2, 0) is 38.0 Å². The molecule has 10 aromatic heterocycles. The first-order valence-electron chi connectivity index (χ1n) is 43.6. The van der Waals surface area contributed by atoms with Crippen molar-refractivity contribution < 1.29 is 82.0 Å². The molecule has 8 saturated heterocycles. The lowest BCUT2D eigenvalue weighted by Crippen LogP contribution is -2.54. The summed E-state index contributed by atoms with van der Waals surface area (Å²) in [5, 5.41) is 90.1. The second kappa shape index (κ2) is 44.4. The lowest BCUT2D eigenvalue weighted by Gasteiger charge is -2.47. The van der Waals surface area contributed by atoms with Crippen molar-refractivity contribution in [3.63, 3.8) is 0 Å². The molecule has 8 fully saturated rings. The lowest BCUT2D eigenvalue weighted by molar-refractivity contribution is -0.0657. The van der Waals surface area contributed by atoms with E-state index in [0.717, 1.165) is 119 Å². The maximum atomic E-state index is 14.6. The number of carbonyl (C=O) groups is 1. The van der Waals surface area contributed by atoms with Gasteiger partial charge in [-0.3, -0.25) is 4.18 Å². The minimum atomic E-state index is -5.75. The van der Waals surface area contributed by atoms with Gasteiger partial charge >= 0.3 is 21.7 Å². The number of rotatable bonds is 10. The first kappa shape index (κ1) is 100. The highest BCUT2D eigenvalue weighted by Crippen LogP contribution is 2.41. The monoisotopic (exact) mass is 1890 g/mol. The quantitative estimate of drug-likeness (QED) is 0.0561. The molecule has 0 bridgehead atoms.